The molecule has 1 saturated heterocycles. The Kier molecular flexibility index (Phi) is 4.53. The first-order valence-corrected chi connectivity index (χ1v) is 6.87. The van der Waals surface area contributed by atoms with E-state index in [1.165, 1.54) is 12.1 Å². The first kappa shape index (κ1) is 14.0. The maximum atomic E-state index is 12.9. The van der Waals surface area contributed by atoms with Gasteiger partial charge in [-0.05, 0) is 43.1 Å². The van der Waals surface area contributed by atoms with Crippen molar-refractivity contribution in [3.8, 4) is 0 Å². The molecule has 3 nitrogen and oxygen atoms in total. The van der Waals surface area contributed by atoms with E-state index < -0.39 is 0 Å². The van der Waals surface area contributed by atoms with Crippen molar-refractivity contribution in [2.24, 2.45) is 5.92 Å². The predicted octanol–water partition coefficient (Wildman–Crippen LogP) is 2.29. The van der Waals surface area contributed by atoms with Gasteiger partial charge in [0.25, 0.3) is 5.91 Å². The lowest BCUT2D eigenvalue weighted by molar-refractivity contribution is 0.0646. The van der Waals surface area contributed by atoms with Crippen LogP contribution in [0.4, 0.5) is 4.39 Å². The molecule has 1 fully saturated rings. The van der Waals surface area contributed by atoms with Gasteiger partial charge >= 0.3 is 0 Å². The molecule has 1 N–H and O–H groups in total. The van der Waals surface area contributed by atoms with Crippen LogP contribution in [0.15, 0.2) is 24.3 Å². The summed E-state index contributed by atoms with van der Waals surface area (Å²) in [5, 5.41) is 3.37. The summed E-state index contributed by atoms with van der Waals surface area (Å²) in [5.41, 5.74) is 0.564. The Labute approximate surface area is 113 Å². The molecule has 1 aromatic rings. The van der Waals surface area contributed by atoms with Crippen molar-refractivity contribution in [2.45, 2.75) is 26.3 Å². The first-order chi connectivity index (χ1) is 9.09. The van der Waals surface area contributed by atoms with E-state index in [2.05, 4.69) is 19.2 Å². The van der Waals surface area contributed by atoms with E-state index in [1.807, 2.05) is 4.90 Å². The van der Waals surface area contributed by atoms with Crippen LogP contribution in [0.2, 0.25) is 0 Å². The molecule has 1 atom stereocenters. The van der Waals surface area contributed by atoms with Crippen LogP contribution in [0, 0.1) is 11.7 Å². The minimum Gasteiger partial charge on any atom is -0.334 e. The summed E-state index contributed by atoms with van der Waals surface area (Å²) in [6.07, 6.45) is 0.955. The van der Waals surface area contributed by atoms with Gasteiger partial charge in [-0.15, -0.1) is 0 Å². The number of amides is 1. The summed E-state index contributed by atoms with van der Waals surface area (Å²) in [5.74, 6) is 0.0897. The van der Waals surface area contributed by atoms with E-state index in [0.29, 0.717) is 11.5 Å². The standard InChI is InChI=1S/C15H21FN2O/c1-11(2)14-10-17-8-3-9-18(14)15(19)12-4-6-13(16)7-5-12/h4-7,11,14,17H,3,8-10H2,1-2H3. The van der Waals surface area contributed by atoms with Crippen LogP contribution in [0.1, 0.15) is 30.6 Å². The van der Waals surface area contributed by atoms with E-state index >= 15 is 0 Å². The maximum Gasteiger partial charge on any atom is 0.254 e. The number of rotatable bonds is 2. The fourth-order valence-electron chi connectivity index (χ4n) is 2.51. The minimum atomic E-state index is -0.311. The van der Waals surface area contributed by atoms with Crippen molar-refractivity contribution in [3.05, 3.63) is 35.6 Å². The molecule has 19 heavy (non-hydrogen) atoms. The maximum absolute atomic E-state index is 12.9. The average Bonchev–Trinajstić information content (AvgIpc) is 2.64. The Morgan fingerprint density at radius 1 is 1.37 bits per heavy atom. The number of halogens is 1. The van der Waals surface area contributed by atoms with Crippen molar-refractivity contribution in [1.82, 2.24) is 10.2 Å². The molecule has 0 bridgehead atoms. The van der Waals surface area contributed by atoms with Gasteiger partial charge in [0, 0.05) is 24.7 Å². The summed E-state index contributed by atoms with van der Waals surface area (Å²) < 4.78 is 12.9. The third-order valence-corrected chi connectivity index (χ3v) is 3.63. The number of benzene rings is 1. The largest absolute Gasteiger partial charge is 0.334 e. The average molecular weight is 264 g/mol. The molecule has 0 spiro atoms. The molecule has 1 unspecified atom stereocenters. The molecular weight excluding hydrogens is 243 g/mol. The van der Waals surface area contributed by atoms with Gasteiger partial charge in [0.05, 0.1) is 0 Å². The van der Waals surface area contributed by atoms with Crippen molar-refractivity contribution in [1.29, 1.82) is 0 Å². The second-order valence-electron chi connectivity index (χ2n) is 5.37. The van der Waals surface area contributed by atoms with Crippen LogP contribution in [-0.2, 0) is 0 Å². The molecule has 0 aromatic heterocycles. The van der Waals surface area contributed by atoms with Gasteiger partial charge in [-0.2, -0.15) is 0 Å². The van der Waals surface area contributed by atoms with Crippen LogP contribution in [0.5, 0.6) is 0 Å². The minimum absolute atomic E-state index is 0.00222. The summed E-state index contributed by atoms with van der Waals surface area (Å²) >= 11 is 0. The van der Waals surface area contributed by atoms with E-state index in [4.69, 9.17) is 0 Å². The Morgan fingerprint density at radius 3 is 2.68 bits per heavy atom. The number of nitrogens with zero attached hydrogens (tertiary/aromatic N) is 1. The molecule has 2 rings (SSSR count). The summed E-state index contributed by atoms with van der Waals surface area (Å²) in [6.45, 7) is 6.78. The van der Waals surface area contributed by atoms with Gasteiger partial charge in [0.2, 0.25) is 0 Å². The van der Waals surface area contributed by atoms with Crippen LogP contribution in [-0.4, -0.2) is 36.5 Å². The highest BCUT2D eigenvalue weighted by atomic mass is 19.1. The molecule has 1 aliphatic heterocycles. The third-order valence-electron chi connectivity index (χ3n) is 3.63. The lowest BCUT2D eigenvalue weighted by Gasteiger charge is -2.32. The van der Waals surface area contributed by atoms with Gasteiger partial charge in [0.15, 0.2) is 0 Å². The molecule has 1 amide bonds. The van der Waals surface area contributed by atoms with Crippen LogP contribution >= 0.6 is 0 Å². The van der Waals surface area contributed by atoms with Crippen molar-refractivity contribution < 1.29 is 9.18 Å². The van der Waals surface area contributed by atoms with E-state index in [9.17, 15) is 9.18 Å². The molecule has 0 saturated carbocycles. The second kappa shape index (κ2) is 6.15. The normalized spacial score (nSPS) is 20.4. The number of nitrogens with one attached hydrogen (secondary N) is 1. The van der Waals surface area contributed by atoms with E-state index in [0.717, 1.165) is 26.1 Å². The van der Waals surface area contributed by atoms with Gasteiger partial charge in [-0.25, -0.2) is 4.39 Å². The Balaban J connectivity index is 2.20. The molecule has 1 aliphatic rings. The molecule has 1 heterocycles. The summed E-state index contributed by atoms with van der Waals surface area (Å²) in [6, 6.07) is 6.00. The van der Waals surface area contributed by atoms with Crippen molar-refractivity contribution in [3.63, 3.8) is 0 Å². The smallest absolute Gasteiger partial charge is 0.254 e. The van der Waals surface area contributed by atoms with Crippen molar-refractivity contribution in [2.75, 3.05) is 19.6 Å². The molecule has 1 aromatic carbocycles. The van der Waals surface area contributed by atoms with Gasteiger partial charge in [-0.1, -0.05) is 13.8 Å². The zero-order chi connectivity index (χ0) is 13.8. The quantitative estimate of drug-likeness (QED) is 0.889. The topological polar surface area (TPSA) is 32.3 Å². The third kappa shape index (κ3) is 3.32. The number of hydrogen-bond donors (Lipinski definition) is 1. The Hall–Kier alpha value is -1.42. The molecule has 4 heteroatoms. The lowest BCUT2D eigenvalue weighted by Crippen LogP contribution is -2.46. The Morgan fingerprint density at radius 2 is 2.05 bits per heavy atom. The fraction of sp³-hybridized carbons (Fsp3) is 0.533. The monoisotopic (exact) mass is 264 g/mol. The van der Waals surface area contributed by atoms with Gasteiger partial charge < -0.3 is 10.2 Å². The number of carbonyl (C=O) groups is 1. The number of carbonyl (C=O) groups excluding carboxylic acids is 1. The highest BCUT2D eigenvalue weighted by Gasteiger charge is 2.28. The summed E-state index contributed by atoms with van der Waals surface area (Å²) in [7, 11) is 0. The zero-order valence-corrected chi connectivity index (χ0v) is 11.5. The highest BCUT2D eigenvalue weighted by Crippen LogP contribution is 2.17. The molecule has 0 radical (unpaired) electrons. The fourth-order valence-corrected chi connectivity index (χ4v) is 2.51. The van der Waals surface area contributed by atoms with Gasteiger partial charge in [0.1, 0.15) is 5.82 Å². The second-order valence-corrected chi connectivity index (χ2v) is 5.37. The molecule has 0 aliphatic carbocycles. The molecule has 104 valence electrons. The van der Waals surface area contributed by atoms with Crippen LogP contribution in [0.25, 0.3) is 0 Å². The van der Waals surface area contributed by atoms with E-state index in [-0.39, 0.29) is 17.8 Å². The highest BCUT2D eigenvalue weighted by molar-refractivity contribution is 5.94. The predicted molar refractivity (Wildman–Crippen MR) is 73.5 cm³/mol. The lowest BCUT2D eigenvalue weighted by atomic mass is 10.0. The first-order valence-electron chi connectivity index (χ1n) is 6.87. The van der Waals surface area contributed by atoms with Crippen LogP contribution in [0.3, 0.4) is 0 Å². The number of hydrogen-bond acceptors (Lipinski definition) is 2. The molecular formula is C15H21FN2O. The summed E-state index contributed by atoms with van der Waals surface area (Å²) in [4.78, 5) is 14.5. The zero-order valence-electron chi connectivity index (χ0n) is 11.5. The van der Waals surface area contributed by atoms with Gasteiger partial charge in [-0.3, -0.25) is 4.79 Å². The SMILES string of the molecule is CC(C)C1CNCCCN1C(=O)c1ccc(F)cc1. The Bertz CT molecular complexity index is 430. The van der Waals surface area contributed by atoms with Crippen LogP contribution < -0.4 is 5.32 Å². The van der Waals surface area contributed by atoms with Crippen molar-refractivity contribution >= 4 is 5.91 Å². The van der Waals surface area contributed by atoms with E-state index in [1.54, 1.807) is 12.1 Å².